The lowest BCUT2D eigenvalue weighted by atomic mass is 9.89. The van der Waals surface area contributed by atoms with Gasteiger partial charge in [0.2, 0.25) is 0 Å². The molecule has 0 amide bonds. The molecule has 0 aliphatic heterocycles. The van der Waals surface area contributed by atoms with Gasteiger partial charge >= 0.3 is 18.1 Å². The standard InChI is InChI=1S/C25H23F3N4O5/c1-30-21-20(22(33)32(24(30)34)16-11-19(12-16)35-2)31(14-15-7-4-3-5-8-15)23(29-21)36-17-9-6-10-18(13-17)37-25(26,27)28/h3-10,13,16,19H,11-12,14H2,1-2H3. The van der Waals surface area contributed by atoms with Gasteiger partial charge in [-0.1, -0.05) is 36.4 Å². The first-order valence-electron chi connectivity index (χ1n) is 11.5. The smallest absolute Gasteiger partial charge is 0.425 e. The van der Waals surface area contributed by atoms with Crippen LogP contribution in [0.1, 0.15) is 24.4 Å². The highest BCUT2D eigenvalue weighted by Crippen LogP contribution is 2.33. The Morgan fingerprint density at radius 1 is 1.03 bits per heavy atom. The Hall–Kier alpha value is -4.06. The first-order valence-corrected chi connectivity index (χ1v) is 11.5. The normalized spacial score (nSPS) is 17.5. The van der Waals surface area contributed by atoms with Gasteiger partial charge in [-0.2, -0.15) is 4.98 Å². The molecule has 0 radical (unpaired) electrons. The molecule has 37 heavy (non-hydrogen) atoms. The van der Waals surface area contributed by atoms with Gasteiger partial charge < -0.3 is 14.2 Å². The summed E-state index contributed by atoms with van der Waals surface area (Å²) in [7, 11) is 3.09. The van der Waals surface area contributed by atoms with Crippen molar-refractivity contribution in [1.29, 1.82) is 0 Å². The Balaban J connectivity index is 1.64. The number of imidazole rings is 1. The fourth-order valence-electron chi connectivity index (χ4n) is 4.41. The maximum Gasteiger partial charge on any atom is 0.573 e. The maximum atomic E-state index is 13.7. The highest BCUT2D eigenvalue weighted by Gasteiger charge is 2.35. The number of hydrogen-bond acceptors (Lipinski definition) is 6. The van der Waals surface area contributed by atoms with Gasteiger partial charge in [0.05, 0.1) is 12.6 Å². The summed E-state index contributed by atoms with van der Waals surface area (Å²) in [4.78, 5) is 31.2. The topological polar surface area (TPSA) is 89.5 Å². The number of aryl methyl sites for hydroxylation is 1. The van der Waals surface area contributed by atoms with Gasteiger partial charge in [0.1, 0.15) is 11.5 Å². The molecule has 2 aromatic carbocycles. The second kappa shape index (κ2) is 9.43. The lowest BCUT2D eigenvalue weighted by molar-refractivity contribution is -0.274. The number of nitrogens with zero attached hydrogens (tertiary/aromatic N) is 4. The minimum absolute atomic E-state index is 0.0126. The second-order valence-electron chi connectivity index (χ2n) is 8.76. The molecule has 12 heteroatoms. The van der Waals surface area contributed by atoms with Crippen LogP contribution >= 0.6 is 0 Å². The van der Waals surface area contributed by atoms with Crippen LogP contribution < -0.4 is 20.7 Å². The summed E-state index contributed by atoms with van der Waals surface area (Å²) in [5.41, 5.74) is 0.0225. The predicted molar refractivity (Wildman–Crippen MR) is 127 cm³/mol. The highest BCUT2D eigenvalue weighted by molar-refractivity contribution is 5.72. The zero-order chi connectivity index (χ0) is 26.3. The summed E-state index contributed by atoms with van der Waals surface area (Å²) in [6.07, 6.45) is -3.85. The van der Waals surface area contributed by atoms with E-state index in [9.17, 15) is 22.8 Å². The second-order valence-corrected chi connectivity index (χ2v) is 8.76. The van der Waals surface area contributed by atoms with Gasteiger partial charge in [-0.25, -0.2) is 4.79 Å². The van der Waals surface area contributed by atoms with E-state index < -0.39 is 23.4 Å². The molecule has 0 unspecified atom stereocenters. The van der Waals surface area contributed by atoms with Crippen LogP contribution in [0.3, 0.4) is 0 Å². The SMILES string of the molecule is COC1CC(n2c(=O)c3c(nc(Oc4cccc(OC(F)(F)F)c4)n3Cc3ccccc3)n(C)c2=O)C1. The van der Waals surface area contributed by atoms with E-state index in [0.717, 1.165) is 17.7 Å². The molecule has 194 valence electrons. The van der Waals surface area contributed by atoms with E-state index in [2.05, 4.69) is 9.72 Å². The van der Waals surface area contributed by atoms with Crippen LogP contribution in [-0.2, 0) is 18.3 Å². The molecule has 0 bridgehead atoms. The molecule has 2 heterocycles. The average molecular weight is 516 g/mol. The van der Waals surface area contributed by atoms with Gasteiger partial charge in [-0.3, -0.25) is 18.5 Å². The molecule has 1 fully saturated rings. The number of benzene rings is 2. The number of hydrogen-bond donors (Lipinski definition) is 0. The number of ether oxygens (including phenoxy) is 3. The third kappa shape index (κ3) is 4.84. The first-order chi connectivity index (χ1) is 17.6. The summed E-state index contributed by atoms with van der Waals surface area (Å²) in [5, 5.41) is 0. The Morgan fingerprint density at radius 2 is 1.73 bits per heavy atom. The van der Waals surface area contributed by atoms with Crippen LogP contribution in [0.5, 0.6) is 17.5 Å². The Labute approximate surface area is 208 Å². The summed E-state index contributed by atoms with van der Waals surface area (Å²) in [5.74, 6) is -0.457. The zero-order valence-corrected chi connectivity index (χ0v) is 19.9. The average Bonchev–Trinajstić information content (AvgIpc) is 3.17. The van der Waals surface area contributed by atoms with E-state index in [4.69, 9.17) is 9.47 Å². The number of halogens is 3. The monoisotopic (exact) mass is 516 g/mol. The van der Waals surface area contributed by atoms with Crippen molar-refractivity contribution in [2.24, 2.45) is 7.05 Å². The summed E-state index contributed by atoms with van der Waals surface area (Å²) >= 11 is 0. The van der Waals surface area contributed by atoms with Crippen molar-refractivity contribution in [3.05, 3.63) is 81.0 Å². The van der Waals surface area contributed by atoms with Gasteiger partial charge in [0.25, 0.3) is 5.56 Å². The molecule has 0 N–H and O–H groups in total. The van der Waals surface area contributed by atoms with Crippen LogP contribution in [0.2, 0.25) is 0 Å². The number of methoxy groups -OCH3 is 1. The third-order valence-electron chi connectivity index (χ3n) is 6.35. The van der Waals surface area contributed by atoms with Crippen LogP contribution in [0.4, 0.5) is 13.2 Å². The molecule has 5 rings (SSSR count). The molecule has 4 aromatic rings. The summed E-state index contributed by atoms with van der Waals surface area (Å²) in [6, 6.07) is 13.8. The lowest BCUT2D eigenvalue weighted by Crippen LogP contribution is -2.47. The minimum atomic E-state index is -4.87. The largest absolute Gasteiger partial charge is 0.573 e. The van der Waals surface area contributed by atoms with Crippen molar-refractivity contribution in [3.63, 3.8) is 0 Å². The van der Waals surface area contributed by atoms with E-state index in [1.807, 2.05) is 30.3 Å². The number of rotatable bonds is 7. The van der Waals surface area contributed by atoms with E-state index >= 15 is 0 Å². The fourth-order valence-corrected chi connectivity index (χ4v) is 4.41. The van der Waals surface area contributed by atoms with Crippen molar-refractivity contribution < 1.29 is 27.4 Å². The van der Waals surface area contributed by atoms with Crippen LogP contribution in [0, 0.1) is 0 Å². The third-order valence-corrected chi connectivity index (χ3v) is 6.35. The maximum absolute atomic E-state index is 13.7. The minimum Gasteiger partial charge on any atom is -0.425 e. The summed E-state index contributed by atoms with van der Waals surface area (Å²) < 4.78 is 57.3. The van der Waals surface area contributed by atoms with Crippen molar-refractivity contribution in [1.82, 2.24) is 18.7 Å². The van der Waals surface area contributed by atoms with Crippen molar-refractivity contribution in [2.75, 3.05) is 7.11 Å². The molecule has 1 saturated carbocycles. The van der Waals surface area contributed by atoms with Gasteiger partial charge in [0.15, 0.2) is 11.2 Å². The zero-order valence-electron chi connectivity index (χ0n) is 19.9. The van der Waals surface area contributed by atoms with E-state index in [0.29, 0.717) is 12.8 Å². The first kappa shape index (κ1) is 24.6. The van der Waals surface area contributed by atoms with E-state index in [1.165, 1.54) is 32.9 Å². The Bertz CT molecular complexity index is 1550. The molecular formula is C25H23F3N4O5. The molecule has 0 saturated heterocycles. The molecule has 2 aromatic heterocycles. The fraction of sp³-hybridized carbons (Fsp3) is 0.320. The molecule has 1 aliphatic carbocycles. The van der Waals surface area contributed by atoms with E-state index in [1.54, 1.807) is 7.11 Å². The Morgan fingerprint density at radius 3 is 2.41 bits per heavy atom. The van der Waals surface area contributed by atoms with Gasteiger partial charge in [-0.15, -0.1) is 13.2 Å². The van der Waals surface area contributed by atoms with Crippen LogP contribution in [0.15, 0.2) is 64.2 Å². The molecule has 0 atom stereocenters. The molecule has 9 nitrogen and oxygen atoms in total. The van der Waals surface area contributed by atoms with Crippen molar-refractivity contribution >= 4 is 11.2 Å². The van der Waals surface area contributed by atoms with Gasteiger partial charge in [-0.05, 0) is 30.5 Å². The summed E-state index contributed by atoms with van der Waals surface area (Å²) in [6.45, 7) is 0.171. The van der Waals surface area contributed by atoms with Crippen molar-refractivity contribution in [3.8, 4) is 17.5 Å². The number of fused-ring (bicyclic) bond motifs is 1. The van der Waals surface area contributed by atoms with Crippen LogP contribution in [-0.4, -0.2) is 38.3 Å². The molecule has 1 aliphatic rings. The van der Waals surface area contributed by atoms with Gasteiger partial charge in [0, 0.05) is 26.3 Å². The quantitative estimate of drug-likeness (QED) is 0.369. The number of aromatic nitrogens is 4. The molecular weight excluding hydrogens is 493 g/mol. The predicted octanol–water partition coefficient (Wildman–Crippen LogP) is 3.99. The molecule has 0 spiro atoms. The Kier molecular flexibility index (Phi) is 6.28. The van der Waals surface area contributed by atoms with E-state index in [-0.39, 0.29) is 41.6 Å². The highest BCUT2D eigenvalue weighted by atomic mass is 19.4. The lowest BCUT2D eigenvalue weighted by Gasteiger charge is -2.34. The van der Waals surface area contributed by atoms with Crippen LogP contribution in [0.25, 0.3) is 11.2 Å². The number of alkyl halides is 3. The van der Waals surface area contributed by atoms with Crippen molar-refractivity contribution in [2.45, 2.75) is 37.9 Å².